The van der Waals surface area contributed by atoms with Crippen LogP contribution in [0.3, 0.4) is 0 Å². The van der Waals surface area contributed by atoms with E-state index in [4.69, 9.17) is 9.47 Å². The van der Waals surface area contributed by atoms with Gasteiger partial charge in [-0.05, 0) is 25.2 Å². The lowest BCUT2D eigenvalue weighted by atomic mass is 9.94. The summed E-state index contributed by atoms with van der Waals surface area (Å²) in [7, 11) is 1.43. The van der Waals surface area contributed by atoms with Crippen LogP contribution in [0.4, 0.5) is 0 Å². The second kappa shape index (κ2) is 4.12. The number of carbonyl (C=O) groups excluding carboxylic acids is 1. The molecule has 1 saturated carbocycles. The van der Waals surface area contributed by atoms with Crippen molar-refractivity contribution in [1.29, 1.82) is 0 Å². The Labute approximate surface area is 91.1 Å². The minimum absolute atomic E-state index is 0.142. The molecule has 0 aromatic rings. The fraction of sp³-hybridized carbons (Fsp3) is 0.917. The van der Waals surface area contributed by atoms with Crippen molar-refractivity contribution in [2.24, 2.45) is 5.92 Å². The fourth-order valence-corrected chi connectivity index (χ4v) is 2.77. The van der Waals surface area contributed by atoms with Crippen LogP contribution in [0.2, 0.25) is 0 Å². The summed E-state index contributed by atoms with van der Waals surface area (Å²) in [6, 6.07) is 0. The van der Waals surface area contributed by atoms with Gasteiger partial charge in [0.1, 0.15) is 5.60 Å². The molecule has 2 fully saturated rings. The summed E-state index contributed by atoms with van der Waals surface area (Å²) in [5.41, 5.74) is -0.142. The number of esters is 1. The van der Waals surface area contributed by atoms with E-state index in [1.54, 1.807) is 0 Å². The maximum absolute atomic E-state index is 11.4. The van der Waals surface area contributed by atoms with E-state index in [0.717, 1.165) is 18.8 Å². The van der Waals surface area contributed by atoms with Crippen LogP contribution >= 0.6 is 0 Å². The topological polar surface area (TPSA) is 38.8 Å². The molecule has 1 saturated heterocycles. The molecule has 1 heterocycles. The minimum atomic E-state index is -0.266. The van der Waals surface area contributed by atoms with E-state index in [0.29, 0.717) is 0 Å². The number of carbonyl (C=O) groups is 1. The molecule has 3 nitrogen and oxygen atoms in total. The molecule has 3 unspecified atom stereocenters. The van der Waals surface area contributed by atoms with Gasteiger partial charge in [0, 0.05) is 0 Å². The molecule has 0 aromatic carbocycles. The van der Waals surface area contributed by atoms with Gasteiger partial charge < -0.3 is 9.47 Å². The van der Waals surface area contributed by atoms with Crippen molar-refractivity contribution in [2.75, 3.05) is 7.11 Å². The van der Waals surface area contributed by atoms with E-state index in [1.807, 2.05) is 0 Å². The van der Waals surface area contributed by atoms with E-state index in [-0.39, 0.29) is 17.7 Å². The Kier molecular flexibility index (Phi) is 3.01. The average Bonchev–Trinajstić information content (AvgIpc) is 3.01. The van der Waals surface area contributed by atoms with Crippen molar-refractivity contribution in [2.45, 2.75) is 57.2 Å². The molecular weight excluding hydrogens is 192 g/mol. The average molecular weight is 212 g/mol. The molecule has 15 heavy (non-hydrogen) atoms. The standard InChI is InChI=1S/C12H20O3/c1-3-9-5-4-7-12(8-6-9)10(15-12)11(13)14-2/h9-10H,3-8H2,1-2H3. The van der Waals surface area contributed by atoms with Crippen LogP contribution < -0.4 is 0 Å². The van der Waals surface area contributed by atoms with Gasteiger partial charge in [-0.1, -0.05) is 26.2 Å². The monoisotopic (exact) mass is 212 g/mol. The first-order chi connectivity index (χ1) is 7.22. The third-order valence-electron chi connectivity index (χ3n) is 3.95. The van der Waals surface area contributed by atoms with Gasteiger partial charge in [0.25, 0.3) is 0 Å². The molecule has 1 spiro atoms. The highest BCUT2D eigenvalue weighted by Crippen LogP contribution is 2.48. The van der Waals surface area contributed by atoms with Crippen LogP contribution in [-0.2, 0) is 14.3 Å². The number of rotatable bonds is 2. The second-order valence-corrected chi connectivity index (χ2v) is 4.79. The largest absolute Gasteiger partial charge is 0.467 e. The third-order valence-corrected chi connectivity index (χ3v) is 3.95. The molecule has 0 aromatic heterocycles. The maximum Gasteiger partial charge on any atom is 0.338 e. The Morgan fingerprint density at radius 3 is 2.93 bits per heavy atom. The zero-order valence-electron chi connectivity index (χ0n) is 9.62. The van der Waals surface area contributed by atoms with Crippen molar-refractivity contribution in [1.82, 2.24) is 0 Å². The highest BCUT2D eigenvalue weighted by Gasteiger charge is 2.60. The van der Waals surface area contributed by atoms with Crippen LogP contribution in [0, 0.1) is 5.92 Å². The Morgan fingerprint density at radius 2 is 2.27 bits per heavy atom. The third kappa shape index (κ3) is 2.03. The van der Waals surface area contributed by atoms with Crippen LogP contribution in [0.25, 0.3) is 0 Å². The quantitative estimate of drug-likeness (QED) is 0.520. The van der Waals surface area contributed by atoms with Crippen molar-refractivity contribution < 1.29 is 14.3 Å². The van der Waals surface area contributed by atoms with Crippen LogP contribution in [0.1, 0.15) is 45.4 Å². The lowest BCUT2D eigenvalue weighted by Crippen LogP contribution is -2.21. The number of hydrogen-bond donors (Lipinski definition) is 0. The van der Waals surface area contributed by atoms with Gasteiger partial charge in [0.15, 0.2) is 6.10 Å². The predicted molar refractivity (Wildman–Crippen MR) is 56.5 cm³/mol. The van der Waals surface area contributed by atoms with E-state index in [9.17, 15) is 4.79 Å². The summed E-state index contributed by atoms with van der Waals surface area (Å²) in [4.78, 5) is 11.4. The fourth-order valence-electron chi connectivity index (χ4n) is 2.77. The lowest BCUT2D eigenvalue weighted by Gasteiger charge is -2.10. The Morgan fingerprint density at radius 1 is 1.47 bits per heavy atom. The van der Waals surface area contributed by atoms with E-state index < -0.39 is 0 Å². The van der Waals surface area contributed by atoms with Crippen LogP contribution in [0.5, 0.6) is 0 Å². The normalized spacial score (nSPS) is 39.9. The van der Waals surface area contributed by atoms with Gasteiger partial charge in [0.2, 0.25) is 0 Å². The van der Waals surface area contributed by atoms with E-state index in [2.05, 4.69) is 6.92 Å². The Bertz CT molecular complexity index is 251. The second-order valence-electron chi connectivity index (χ2n) is 4.79. The molecule has 0 bridgehead atoms. The molecule has 3 heteroatoms. The summed E-state index contributed by atoms with van der Waals surface area (Å²) in [6.07, 6.45) is 6.72. The number of epoxide rings is 1. The summed E-state index contributed by atoms with van der Waals surface area (Å²) in [5, 5.41) is 0. The minimum Gasteiger partial charge on any atom is -0.467 e. The summed E-state index contributed by atoms with van der Waals surface area (Å²) in [6.45, 7) is 2.24. The van der Waals surface area contributed by atoms with E-state index >= 15 is 0 Å². The predicted octanol–water partition coefficient (Wildman–Crippen LogP) is 2.29. The highest BCUT2D eigenvalue weighted by atomic mass is 16.7. The molecule has 1 aliphatic carbocycles. The summed E-state index contributed by atoms with van der Waals surface area (Å²) in [5.74, 6) is 0.636. The van der Waals surface area contributed by atoms with Gasteiger partial charge in [-0.15, -0.1) is 0 Å². The van der Waals surface area contributed by atoms with Crippen LogP contribution in [0.15, 0.2) is 0 Å². The maximum atomic E-state index is 11.4. The number of ether oxygens (including phenoxy) is 2. The van der Waals surface area contributed by atoms with Gasteiger partial charge in [0.05, 0.1) is 7.11 Å². The SMILES string of the molecule is CCC1CCCC2(CC1)OC2C(=O)OC. The molecule has 1 aliphatic heterocycles. The molecule has 3 atom stereocenters. The summed E-state index contributed by atoms with van der Waals surface area (Å²) >= 11 is 0. The first-order valence-corrected chi connectivity index (χ1v) is 5.97. The van der Waals surface area contributed by atoms with Crippen molar-refractivity contribution >= 4 is 5.97 Å². The number of hydrogen-bond acceptors (Lipinski definition) is 3. The highest BCUT2D eigenvalue weighted by molar-refractivity contribution is 5.79. The van der Waals surface area contributed by atoms with Crippen molar-refractivity contribution in [3.63, 3.8) is 0 Å². The molecule has 2 aliphatic rings. The first-order valence-electron chi connectivity index (χ1n) is 5.97. The summed E-state index contributed by atoms with van der Waals surface area (Å²) < 4.78 is 10.3. The molecule has 2 rings (SSSR count). The van der Waals surface area contributed by atoms with Gasteiger partial charge >= 0.3 is 5.97 Å². The van der Waals surface area contributed by atoms with E-state index in [1.165, 1.54) is 32.8 Å². The molecular formula is C12H20O3. The van der Waals surface area contributed by atoms with Crippen molar-refractivity contribution in [3.05, 3.63) is 0 Å². The smallest absolute Gasteiger partial charge is 0.338 e. The Balaban J connectivity index is 1.93. The number of methoxy groups -OCH3 is 1. The van der Waals surface area contributed by atoms with Gasteiger partial charge in [-0.3, -0.25) is 0 Å². The molecule has 0 radical (unpaired) electrons. The molecule has 0 N–H and O–H groups in total. The van der Waals surface area contributed by atoms with Gasteiger partial charge in [-0.2, -0.15) is 0 Å². The zero-order chi connectivity index (χ0) is 10.9. The first kappa shape index (κ1) is 10.9. The molecule has 0 amide bonds. The van der Waals surface area contributed by atoms with Crippen molar-refractivity contribution in [3.8, 4) is 0 Å². The molecule has 86 valence electrons. The van der Waals surface area contributed by atoms with Crippen LogP contribution in [-0.4, -0.2) is 24.8 Å². The Hall–Kier alpha value is -0.570. The zero-order valence-corrected chi connectivity index (χ0v) is 9.62. The lowest BCUT2D eigenvalue weighted by molar-refractivity contribution is -0.142. The van der Waals surface area contributed by atoms with Gasteiger partial charge in [-0.25, -0.2) is 4.79 Å².